The van der Waals surface area contributed by atoms with Crippen LogP contribution in [0.3, 0.4) is 0 Å². The van der Waals surface area contributed by atoms with Crippen molar-refractivity contribution in [3.63, 3.8) is 0 Å². The molecule has 1 saturated heterocycles. The number of alkyl halides is 3. The first kappa shape index (κ1) is 23.6. The van der Waals surface area contributed by atoms with Gasteiger partial charge in [-0.3, -0.25) is 4.79 Å². The van der Waals surface area contributed by atoms with Gasteiger partial charge in [-0.1, -0.05) is 29.8 Å². The van der Waals surface area contributed by atoms with Gasteiger partial charge in [-0.15, -0.1) is 0 Å². The fraction of sp³-hybridized carbons (Fsp3) is 0.273. The lowest BCUT2D eigenvalue weighted by molar-refractivity contribution is -0.137. The lowest BCUT2D eigenvalue weighted by Crippen LogP contribution is -2.46. The van der Waals surface area contributed by atoms with Crippen molar-refractivity contribution in [3.8, 4) is 5.82 Å². The van der Waals surface area contributed by atoms with E-state index in [1.54, 1.807) is 12.1 Å². The molecule has 12 heteroatoms. The van der Waals surface area contributed by atoms with Gasteiger partial charge in [0.1, 0.15) is 5.02 Å². The number of carbonyl (C=O) groups excluding carboxylic acids is 1. The highest BCUT2D eigenvalue weighted by molar-refractivity contribution is 6.33. The summed E-state index contributed by atoms with van der Waals surface area (Å²) in [5.74, 6) is -0.0706. The molecule has 0 spiro atoms. The zero-order valence-electron chi connectivity index (χ0n) is 17.7. The van der Waals surface area contributed by atoms with Crippen molar-refractivity contribution in [2.75, 3.05) is 23.3 Å². The van der Waals surface area contributed by atoms with Crippen LogP contribution in [0.4, 0.5) is 29.3 Å². The summed E-state index contributed by atoms with van der Waals surface area (Å²) in [7, 11) is 0. The fourth-order valence-corrected chi connectivity index (χ4v) is 3.87. The molecule has 0 unspecified atom stereocenters. The Bertz CT molecular complexity index is 1210. The van der Waals surface area contributed by atoms with Crippen molar-refractivity contribution in [3.05, 3.63) is 75.8 Å². The number of para-hydroxylation sites is 1. The predicted molar refractivity (Wildman–Crippen MR) is 121 cm³/mol. The van der Waals surface area contributed by atoms with E-state index in [1.165, 1.54) is 6.20 Å². The molecule has 2 aromatic heterocycles. The molecule has 1 aliphatic heterocycles. The van der Waals surface area contributed by atoms with Gasteiger partial charge in [-0.25, -0.2) is 9.78 Å². The molecule has 1 aromatic carbocycles. The Morgan fingerprint density at radius 2 is 1.76 bits per heavy atom. The van der Waals surface area contributed by atoms with Gasteiger partial charge in [0.25, 0.3) is 5.56 Å². The zero-order chi connectivity index (χ0) is 24.3. The predicted octanol–water partition coefficient (Wildman–Crippen LogP) is 4.09. The smallest absolute Gasteiger partial charge is 0.369 e. The molecule has 8 nitrogen and oxygen atoms in total. The van der Waals surface area contributed by atoms with Gasteiger partial charge >= 0.3 is 12.2 Å². The summed E-state index contributed by atoms with van der Waals surface area (Å²) in [6, 6.07) is 10.6. The van der Waals surface area contributed by atoms with Crippen molar-refractivity contribution < 1.29 is 18.0 Å². The lowest BCUT2D eigenvalue weighted by Gasteiger charge is -2.34. The van der Waals surface area contributed by atoms with Gasteiger partial charge in [0.05, 0.1) is 17.4 Å². The molecule has 0 aliphatic carbocycles. The number of nitrogens with zero attached hydrogens (tertiary/aromatic N) is 4. The summed E-state index contributed by atoms with van der Waals surface area (Å²) in [6.45, 7) is 1.05. The summed E-state index contributed by atoms with van der Waals surface area (Å²) in [4.78, 5) is 30.5. The Morgan fingerprint density at radius 1 is 1.06 bits per heavy atom. The van der Waals surface area contributed by atoms with E-state index in [0.29, 0.717) is 43.5 Å². The van der Waals surface area contributed by atoms with Crippen molar-refractivity contribution in [2.45, 2.75) is 25.1 Å². The van der Waals surface area contributed by atoms with Crippen LogP contribution in [-0.4, -0.2) is 39.9 Å². The standard InChI is InChI=1S/C22H20ClF3N6O2/c23-19-17(13-28-32(20(19)33)18-7-6-14(12-27-18)22(24,25)26)31-10-8-16(9-11-31)30-21(34)29-15-4-2-1-3-5-15/h1-7,12-13,16H,8-11H2,(H2,29,30,34). The maximum absolute atomic E-state index is 12.7. The first-order valence-corrected chi connectivity index (χ1v) is 10.8. The second-order valence-corrected chi connectivity index (χ2v) is 8.07. The molecule has 0 saturated carbocycles. The van der Waals surface area contributed by atoms with Crippen LogP contribution >= 0.6 is 11.6 Å². The van der Waals surface area contributed by atoms with Crippen LogP contribution in [0.5, 0.6) is 0 Å². The molecule has 178 valence electrons. The van der Waals surface area contributed by atoms with E-state index in [9.17, 15) is 22.8 Å². The number of amides is 2. The van der Waals surface area contributed by atoms with E-state index >= 15 is 0 Å². The number of benzene rings is 1. The Balaban J connectivity index is 1.39. The Kier molecular flexibility index (Phi) is 6.73. The highest BCUT2D eigenvalue weighted by atomic mass is 35.5. The molecule has 4 rings (SSSR count). The number of hydrogen-bond donors (Lipinski definition) is 2. The molecule has 0 bridgehead atoms. The largest absolute Gasteiger partial charge is 0.417 e. The van der Waals surface area contributed by atoms with Crippen molar-refractivity contribution in [1.29, 1.82) is 0 Å². The maximum atomic E-state index is 12.7. The quantitative estimate of drug-likeness (QED) is 0.572. The molecule has 3 aromatic rings. The minimum absolute atomic E-state index is 0.0524. The average Bonchev–Trinajstić information content (AvgIpc) is 2.82. The van der Waals surface area contributed by atoms with Gasteiger partial charge in [-0.2, -0.15) is 23.0 Å². The second-order valence-electron chi connectivity index (χ2n) is 7.69. The van der Waals surface area contributed by atoms with Crippen molar-refractivity contribution in [2.24, 2.45) is 0 Å². The number of piperidine rings is 1. The van der Waals surface area contributed by atoms with Crippen LogP contribution in [0.25, 0.3) is 5.82 Å². The molecule has 1 fully saturated rings. The number of anilines is 2. The van der Waals surface area contributed by atoms with Crippen LogP contribution in [0.15, 0.2) is 59.7 Å². The molecular formula is C22H20ClF3N6O2. The van der Waals surface area contributed by atoms with Crippen LogP contribution < -0.4 is 21.1 Å². The van der Waals surface area contributed by atoms with Crippen LogP contribution in [0.2, 0.25) is 5.02 Å². The van der Waals surface area contributed by atoms with Crippen molar-refractivity contribution in [1.82, 2.24) is 20.1 Å². The number of halogens is 4. The van der Waals surface area contributed by atoms with Crippen LogP contribution in [0, 0.1) is 0 Å². The number of rotatable bonds is 4. The summed E-state index contributed by atoms with van der Waals surface area (Å²) in [5, 5.41) is 9.65. The first-order chi connectivity index (χ1) is 16.2. The fourth-order valence-electron chi connectivity index (χ4n) is 3.63. The Morgan fingerprint density at radius 3 is 2.38 bits per heavy atom. The van der Waals surface area contributed by atoms with Gasteiger partial charge in [0.2, 0.25) is 0 Å². The maximum Gasteiger partial charge on any atom is 0.417 e. The van der Waals surface area contributed by atoms with Gasteiger partial charge in [0, 0.05) is 31.0 Å². The second kappa shape index (κ2) is 9.72. The monoisotopic (exact) mass is 492 g/mol. The summed E-state index contributed by atoms with van der Waals surface area (Å²) in [5.41, 5.74) is -0.504. The number of aromatic nitrogens is 3. The number of carbonyl (C=O) groups is 1. The minimum atomic E-state index is -4.53. The lowest BCUT2D eigenvalue weighted by atomic mass is 10.0. The van der Waals surface area contributed by atoms with E-state index in [1.807, 2.05) is 23.1 Å². The molecule has 0 atom stereocenters. The first-order valence-electron chi connectivity index (χ1n) is 10.4. The highest BCUT2D eigenvalue weighted by Crippen LogP contribution is 2.29. The Labute approximate surface area is 197 Å². The number of hydrogen-bond acceptors (Lipinski definition) is 5. The Hall–Kier alpha value is -3.60. The SMILES string of the molecule is O=C(Nc1ccccc1)NC1CCN(c2cnn(-c3ccc(C(F)(F)F)cn3)c(=O)c2Cl)CC1. The summed E-state index contributed by atoms with van der Waals surface area (Å²) >= 11 is 6.29. The van der Waals surface area contributed by atoms with E-state index < -0.39 is 17.3 Å². The number of urea groups is 1. The zero-order valence-corrected chi connectivity index (χ0v) is 18.5. The molecule has 34 heavy (non-hydrogen) atoms. The van der Waals surface area contributed by atoms with Gasteiger partial charge < -0.3 is 15.5 Å². The van der Waals surface area contributed by atoms with E-state index in [4.69, 9.17) is 11.6 Å². The summed E-state index contributed by atoms with van der Waals surface area (Å²) < 4.78 is 39.1. The van der Waals surface area contributed by atoms with E-state index in [-0.39, 0.29) is 22.9 Å². The third-order valence-corrected chi connectivity index (χ3v) is 5.75. The van der Waals surface area contributed by atoms with Gasteiger partial charge in [-0.05, 0) is 37.1 Å². The van der Waals surface area contributed by atoms with Gasteiger partial charge in [0.15, 0.2) is 5.82 Å². The molecule has 2 amide bonds. The van der Waals surface area contributed by atoms with Crippen molar-refractivity contribution >= 4 is 29.0 Å². The van der Waals surface area contributed by atoms with E-state index in [0.717, 1.165) is 16.8 Å². The molecule has 1 aliphatic rings. The minimum Gasteiger partial charge on any atom is -0.369 e. The average molecular weight is 493 g/mol. The molecular weight excluding hydrogens is 473 g/mol. The normalized spacial score (nSPS) is 14.6. The van der Waals surface area contributed by atoms with Crippen LogP contribution in [-0.2, 0) is 6.18 Å². The third kappa shape index (κ3) is 5.30. The van der Waals surface area contributed by atoms with E-state index in [2.05, 4.69) is 20.7 Å². The van der Waals surface area contributed by atoms with Crippen LogP contribution in [0.1, 0.15) is 18.4 Å². The molecule has 0 radical (unpaired) electrons. The highest BCUT2D eigenvalue weighted by Gasteiger charge is 2.31. The topological polar surface area (TPSA) is 92.2 Å². The summed E-state index contributed by atoms with van der Waals surface area (Å²) in [6.07, 6.45) is -1.26. The number of pyridine rings is 1. The number of nitrogens with one attached hydrogen (secondary N) is 2. The molecule has 3 heterocycles. The third-order valence-electron chi connectivity index (χ3n) is 5.40. The molecule has 2 N–H and O–H groups in total.